The van der Waals surface area contributed by atoms with Crippen LogP contribution in [0.3, 0.4) is 0 Å². The molecule has 2 heteroatoms. The average Bonchev–Trinajstić information content (AvgIpc) is 1.35. The van der Waals surface area contributed by atoms with Gasteiger partial charge in [-0.3, -0.25) is 0 Å². The van der Waals surface area contributed by atoms with Crippen molar-refractivity contribution in [2.24, 2.45) is 0 Å². The third kappa shape index (κ3) is 5.02. The van der Waals surface area contributed by atoms with Gasteiger partial charge < -0.3 is 0 Å². The predicted molar refractivity (Wildman–Crippen MR) is 33.9 cm³/mol. The van der Waals surface area contributed by atoms with E-state index in [4.69, 9.17) is 0 Å². The van der Waals surface area contributed by atoms with Gasteiger partial charge in [0.05, 0.1) is 0 Å². The Labute approximate surface area is 54.4 Å². The van der Waals surface area contributed by atoms with Crippen molar-refractivity contribution in [2.45, 2.75) is 23.7 Å². The van der Waals surface area contributed by atoms with Gasteiger partial charge in [0.25, 0.3) is 0 Å². The SMILES string of the molecule is C[Si](C)(C)[CH2][Sn]. The van der Waals surface area contributed by atoms with E-state index in [0.29, 0.717) is 0 Å². The van der Waals surface area contributed by atoms with Crippen LogP contribution in [0.15, 0.2) is 0 Å². The second-order valence-electron chi connectivity index (χ2n) is 2.74. The fraction of sp³-hybridized carbons (Fsp3) is 1.00. The molecule has 6 heavy (non-hydrogen) atoms. The van der Waals surface area contributed by atoms with Gasteiger partial charge in [-0.05, 0) is 0 Å². The van der Waals surface area contributed by atoms with E-state index in [1.54, 1.807) is 22.5 Å². The Morgan fingerprint density at radius 1 is 1.33 bits per heavy atom. The Morgan fingerprint density at radius 2 is 1.50 bits per heavy atom. The standard InChI is InChI=1S/C4H11Si.Sn/c1-5(2,3)4;/h1H2,2-4H3;. The van der Waals surface area contributed by atoms with Gasteiger partial charge in [0, 0.05) is 0 Å². The minimum absolute atomic E-state index is 0.591. The molecular weight excluding hydrogens is 195 g/mol. The van der Waals surface area contributed by atoms with Crippen molar-refractivity contribution in [1.82, 2.24) is 0 Å². The first-order valence-electron chi connectivity index (χ1n) is 2.21. The van der Waals surface area contributed by atoms with Gasteiger partial charge in [-0.25, -0.2) is 0 Å². The van der Waals surface area contributed by atoms with Gasteiger partial charge in [0.2, 0.25) is 0 Å². The quantitative estimate of drug-likeness (QED) is 0.569. The van der Waals surface area contributed by atoms with Crippen molar-refractivity contribution in [3.63, 3.8) is 0 Å². The van der Waals surface area contributed by atoms with Crippen LogP contribution >= 0.6 is 0 Å². The number of hydrogen-bond acceptors (Lipinski definition) is 0. The van der Waals surface area contributed by atoms with Crippen LogP contribution in [0.25, 0.3) is 0 Å². The van der Waals surface area contributed by atoms with E-state index in [1.165, 1.54) is 4.06 Å². The van der Waals surface area contributed by atoms with Crippen molar-refractivity contribution in [3.05, 3.63) is 0 Å². The summed E-state index contributed by atoms with van der Waals surface area (Å²) < 4.78 is 1.50. The van der Waals surface area contributed by atoms with Gasteiger partial charge >= 0.3 is 54.3 Å². The molecule has 0 nitrogen and oxygen atoms in total. The zero-order chi connectivity index (χ0) is 5.21. The summed E-state index contributed by atoms with van der Waals surface area (Å²) in [5.74, 6) is 0. The molecule has 0 aliphatic heterocycles. The summed E-state index contributed by atoms with van der Waals surface area (Å²) in [4.78, 5) is 0. The maximum atomic E-state index is 2.40. The summed E-state index contributed by atoms with van der Waals surface area (Å²) in [5.41, 5.74) is 0. The third-order valence-electron chi connectivity index (χ3n) is 0.530. The Hall–Kier alpha value is 1.02. The molecule has 0 amide bonds. The molecule has 0 aromatic carbocycles. The van der Waals surface area contributed by atoms with Crippen molar-refractivity contribution in [3.8, 4) is 0 Å². The molecule has 0 aromatic heterocycles. The van der Waals surface area contributed by atoms with E-state index in [0.717, 1.165) is 0 Å². The summed E-state index contributed by atoms with van der Waals surface area (Å²) in [6, 6.07) is 0. The molecule has 3 radical (unpaired) electrons. The van der Waals surface area contributed by atoms with Crippen molar-refractivity contribution in [1.29, 1.82) is 0 Å². The molecule has 0 bridgehead atoms. The monoisotopic (exact) mass is 207 g/mol. The predicted octanol–water partition coefficient (Wildman–Crippen LogP) is 1.45. The summed E-state index contributed by atoms with van der Waals surface area (Å²) in [6.07, 6.45) is 0. The van der Waals surface area contributed by atoms with Crippen LogP contribution in [0.4, 0.5) is 0 Å². The van der Waals surface area contributed by atoms with E-state index in [2.05, 4.69) is 19.6 Å². The molecule has 0 atom stereocenters. The van der Waals surface area contributed by atoms with Crippen molar-refractivity contribution >= 4 is 30.6 Å². The second kappa shape index (κ2) is 2.36. The normalized spacial score (nSPS) is 12.0. The first-order chi connectivity index (χ1) is 2.56. The third-order valence-corrected chi connectivity index (χ3v) is 10.7. The summed E-state index contributed by atoms with van der Waals surface area (Å²) in [6.45, 7) is 7.21. The molecule has 0 heterocycles. The van der Waals surface area contributed by atoms with Crippen LogP contribution in [0.1, 0.15) is 0 Å². The van der Waals surface area contributed by atoms with Crippen LogP contribution < -0.4 is 0 Å². The molecule has 0 aliphatic carbocycles. The molecule has 0 unspecified atom stereocenters. The summed E-state index contributed by atoms with van der Waals surface area (Å²) in [5, 5.41) is 0. The van der Waals surface area contributed by atoms with Crippen LogP contribution in [0.5, 0.6) is 0 Å². The van der Waals surface area contributed by atoms with E-state index < -0.39 is 8.07 Å². The van der Waals surface area contributed by atoms with E-state index in [1.807, 2.05) is 0 Å². The van der Waals surface area contributed by atoms with E-state index >= 15 is 0 Å². The van der Waals surface area contributed by atoms with Crippen molar-refractivity contribution < 1.29 is 0 Å². The van der Waals surface area contributed by atoms with Gasteiger partial charge in [-0.1, -0.05) is 0 Å². The van der Waals surface area contributed by atoms with Gasteiger partial charge in [0.15, 0.2) is 0 Å². The summed E-state index contributed by atoms with van der Waals surface area (Å²) >= 11 is 1.71. The fourth-order valence-electron chi connectivity index (χ4n) is 0. The molecule has 0 aliphatic rings. The Bertz CT molecular complexity index is 37.3. The average molecular weight is 206 g/mol. The molecule has 0 aromatic rings. The van der Waals surface area contributed by atoms with Crippen LogP contribution in [0.2, 0.25) is 23.7 Å². The molecule has 0 rings (SSSR count). The first-order valence-corrected chi connectivity index (χ1v) is 7.93. The van der Waals surface area contributed by atoms with Crippen LogP contribution in [0, 0.1) is 0 Å². The Morgan fingerprint density at radius 3 is 1.50 bits per heavy atom. The molecule has 0 saturated carbocycles. The molecule has 0 saturated heterocycles. The molecule has 0 N–H and O–H groups in total. The fourth-order valence-corrected chi connectivity index (χ4v) is 0. The molecule has 0 spiro atoms. The molecule has 35 valence electrons. The second-order valence-corrected chi connectivity index (χ2v) is 11.2. The van der Waals surface area contributed by atoms with Gasteiger partial charge in [-0.2, -0.15) is 0 Å². The van der Waals surface area contributed by atoms with Crippen molar-refractivity contribution in [2.75, 3.05) is 0 Å². The topological polar surface area (TPSA) is 0 Å². The number of rotatable bonds is 1. The zero-order valence-corrected chi connectivity index (χ0v) is 8.56. The number of hydrogen-bond donors (Lipinski definition) is 0. The van der Waals surface area contributed by atoms with E-state index in [9.17, 15) is 0 Å². The summed E-state index contributed by atoms with van der Waals surface area (Å²) in [7, 11) is -0.591. The Kier molecular flexibility index (Phi) is 2.75. The van der Waals surface area contributed by atoms with Gasteiger partial charge in [0.1, 0.15) is 0 Å². The molecular formula is C4H11SiSn. The Balaban J connectivity index is 3.17. The zero-order valence-electron chi connectivity index (χ0n) is 4.71. The van der Waals surface area contributed by atoms with E-state index in [-0.39, 0.29) is 0 Å². The van der Waals surface area contributed by atoms with Crippen LogP contribution in [-0.2, 0) is 0 Å². The maximum absolute atomic E-state index is 2.40. The van der Waals surface area contributed by atoms with Crippen LogP contribution in [-0.4, -0.2) is 30.6 Å². The molecule has 0 fully saturated rings. The van der Waals surface area contributed by atoms with Gasteiger partial charge in [-0.15, -0.1) is 0 Å². The first kappa shape index (κ1) is 7.02. The minimum atomic E-state index is -0.591.